The molecule has 0 saturated heterocycles. The number of rotatable bonds is 5. The molecule has 0 atom stereocenters. The van der Waals surface area contributed by atoms with E-state index in [0.717, 1.165) is 32.2 Å². The largest absolute Gasteiger partial charge is 0.506 e. The Morgan fingerprint density at radius 1 is 1.53 bits per heavy atom. The summed E-state index contributed by atoms with van der Waals surface area (Å²) in [4.78, 5) is 18.0. The molecular formula is C13H18N2O2. The predicted molar refractivity (Wildman–Crippen MR) is 64.9 cm³/mol. The van der Waals surface area contributed by atoms with Gasteiger partial charge in [0.05, 0.1) is 11.8 Å². The fourth-order valence-corrected chi connectivity index (χ4v) is 1.88. The Bertz CT molecular complexity index is 402. The number of hydrogen-bond donors (Lipinski definition) is 1. The van der Waals surface area contributed by atoms with E-state index in [0.29, 0.717) is 11.6 Å². The number of amides is 1. The molecule has 1 saturated carbocycles. The van der Waals surface area contributed by atoms with Gasteiger partial charge in [-0.1, -0.05) is 13.3 Å². The van der Waals surface area contributed by atoms with Gasteiger partial charge in [-0.2, -0.15) is 0 Å². The summed E-state index contributed by atoms with van der Waals surface area (Å²) >= 11 is 0. The van der Waals surface area contributed by atoms with Crippen LogP contribution >= 0.6 is 0 Å². The summed E-state index contributed by atoms with van der Waals surface area (Å²) in [5.74, 6) is 0.0337. The molecule has 1 fully saturated rings. The first-order valence-electron chi connectivity index (χ1n) is 6.17. The van der Waals surface area contributed by atoms with E-state index >= 15 is 0 Å². The van der Waals surface area contributed by atoms with Gasteiger partial charge in [0.1, 0.15) is 5.75 Å². The summed E-state index contributed by atoms with van der Waals surface area (Å²) in [6.07, 6.45) is 7.15. The third-order valence-electron chi connectivity index (χ3n) is 2.97. The van der Waals surface area contributed by atoms with Crippen LogP contribution in [0.2, 0.25) is 0 Å². The van der Waals surface area contributed by atoms with Gasteiger partial charge in [0, 0.05) is 18.8 Å². The van der Waals surface area contributed by atoms with E-state index in [-0.39, 0.29) is 11.7 Å². The van der Waals surface area contributed by atoms with Gasteiger partial charge in [0.2, 0.25) is 0 Å². The van der Waals surface area contributed by atoms with E-state index in [9.17, 15) is 9.90 Å². The molecule has 4 nitrogen and oxygen atoms in total. The van der Waals surface area contributed by atoms with Crippen molar-refractivity contribution < 1.29 is 9.90 Å². The highest BCUT2D eigenvalue weighted by atomic mass is 16.3. The monoisotopic (exact) mass is 234 g/mol. The Balaban J connectivity index is 2.10. The summed E-state index contributed by atoms with van der Waals surface area (Å²) in [6.45, 7) is 2.92. The van der Waals surface area contributed by atoms with Crippen LogP contribution < -0.4 is 0 Å². The van der Waals surface area contributed by atoms with Gasteiger partial charge in [-0.15, -0.1) is 0 Å². The minimum Gasteiger partial charge on any atom is -0.506 e. The van der Waals surface area contributed by atoms with Crippen molar-refractivity contribution >= 4 is 5.91 Å². The smallest absolute Gasteiger partial charge is 0.255 e. The highest BCUT2D eigenvalue weighted by Crippen LogP contribution is 2.28. The standard InChI is InChI=1S/C13H18N2O2/c1-2-3-6-15(11-4-5-11)13(17)10-7-12(16)9-14-8-10/h7-9,11,16H,2-6H2,1H3. The maximum atomic E-state index is 12.3. The Morgan fingerprint density at radius 2 is 2.29 bits per heavy atom. The summed E-state index contributed by atoms with van der Waals surface area (Å²) in [5.41, 5.74) is 0.480. The second-order valence-corrected chi connectivity index (χ2v) is 4.52. The molecular weight excluding hydrogens is 216 g/mol. The normalized spacial score (nSPS) is 14.6. The Labute approximate surface area is 101 Å². The zero-order chi connectivity index (χ0) is 12.3. The second-order valence-electron chi connectivity index (χ2n) is 4.52. The Hall–Kier alpha value is -1.58. The van der Waals surface area contributed by atoms with Gasteiger partial charge in [0.25, 0.3) is 5.91 Å². The number of aromatic nitrogens is 1. The van der Waals surface area contributed by atoms with Crippen molar-refractivity contribution in [2.45, 2.75) is 38.6 Å². The fraction of sp³-hybridized carbons (Fsp3) is 0.538. The van der Waals surface area contributed by atoms with Crippen molar-refractivity contribution in [1.29, 1.82) is 0 Å². The molecule has 0 unspecified atom stereocenters. The minimum absolute atomic E-state index is 0.00986. The van der Waals surface area contributed by atoms with Crippen molar-refractivity contribution in [1.82, 2.24) is 9.88 Å². The van der Waals surface area contributed by atoms with Crippen molar-refractivity contribution in [2.24, 2.45) is 0 Å². The third kappa shape index (κ3) is 2.96. The molecule has 0 aromatic carbocycles. The average Bonchev–Trinajstić information content (AvgIpc) is 3.14. The van der Waals surface area contributed by atoms with Gasteiger partial charge in [-0.25, -0.2) is 0 Å². The number of unbranched alkanes of at least 4 members (excludes halogenated alkanes) is 1. The number of aromatic hydroxyl groups is 1. The topological polar surface area (TPSA) is 53.4 Å². The van der Waals surface area contributed by atoms with E-state index in [4.69, 9.17) is 0 Å². The van der Waals surface area contributed by atoms with Crippen LogP contribution in [0.1, 0.15) is 43.0 Å². The SMILES string of the molecule is CCCCN(C(=O)c1cncc(O)c1)C1CC1. The molecule has 4 heteroatoms. The van der Waals surface area contributed by atoms with Crippen LogP contribution in [0.25, 0.3) is 0 Å². The maximum absolute atomic E-state index is 12.3. The van der Waals surface area contributed by atoms with Crippen LogP contribution in [0.4, 0.5) is 0 Å². The van der Waals surface area contributed by atoms with Crippen LogP contribution in [0.3, 0.4) is 0 Å². The van der Waals surface area contributed by atoms with E-state index in [1.807, 2.05) is 4.90 Å². The van der Waals surface area contributed by atoms with Crippen LogP contribution in [0, 0.1) is 0 Å². The fourth-order valence-electron chi connectivity index (χ4n) is 1.88. The molecule has 17 heavy (non-hydrogen) atoms. The lowest BCUT2D eigenvalue weighted by molar-refractivity contribution is 0.0740. The lowest BCUT2D eigenvalue weighted by Crippen LogP contribution is -2.34. The predicted octanol–water partition coefficient (Wildman–Crippen LogP) is 2.19. The summed E-state index contributed by atoms with van der Waals surface area (Å²) in [7, 11) is 0. The number of carbonyl (C=O) groups excluding carboxylic acids is 1. The van der Waals surface area contributed by atoms with E-state index in [1.54, 1.807) is 0 Å². The maximum Gasteiger partial charge on any atom is 0.255 e. The lowest BCUT2D eigenvalue weighted by atomic mass is 10.2. The van der Waals surface area contributed by atoms with Gasteiger partial charge >= 0.3 is 0 Å². The molecule has 1 aromatic rings. The molecule has 1 amide bonds. The highest BCUT2D eigenvalue weighted by molar-refractivity contribution is 5.94. The van der Waals surface area contributed by atoms with Crippen molar-refractivity contribution in [3.8, 4) is 5.75 Å². The number of pyridine rings is 1. The molecule has 1 aliphatic rings. The second kappa shape index (κ2) is 5.17. The van der Waals surface area contributed by atoms with Gasteiger partial charge in [-0.3, -0.25) is 9.78 Å². The average molecular weight is 234 g/mol. The third-order valence-corrected chi connectivity index (χ3v) is 2.97. The zero-order valence-electron chi connectivity index (χ0n) is 10.1. The summed E-state index contributed by atoms with van der Waals surface area (Å²) < 4.78 is 0. The summed E-state index contributed by atoms with van der Waals surface area (Å²) in [6, 6.07) is 1.88. The minimum atomic E-state index is -0.00986. The molecule has 0 radical (unpaired) electrons. The molecule has 1 aromatic heterocycles. The van der Waals surface area contributed by atoms with Gasteiger partial charge in [0.15, 0.2) is 0 Å². The van der Waals surface area contributed by atoms with Crippen molar-refractivity contribution in [3.05, 3.63) is 24.0 Å². The highest BCUT2D eigenvalue weighted by Gasteiger charge is 2.32. The van der Waals surface area contributed by atoms with E-state index in [1.165, 1.54) is 18.5 Å². The van der Waals surface area contributed by atoms with Crippen molar-refractivity contribution in [2.75, 3.05) is 6.54 Å². The van der Waals surface area contributed by atoms with Gasteiger partial charge in [-0.05, 0) is 25.3 Å². The summed E-state index contributed by atoms with van der Waals surface area (Å²) in [5, 5.41) is 9.34. The Kier molecular flexibility index (Phi) is 3.61. The molecule has 1 aliphatic carbocycles. The molecule has 2 rings (SSSR count). The quantitative estimate of drug-likeness (QED) is 0.849. The van der Waals surface area contributed by atoms with Crippen LogP contribution in [-0.4, -0.2) is 33.5 Å². The molecule has 0 aliphatic heterocycles. The number of nitrogens with zero attached hydrogens (tertiary/aromatic N) is 2. The first-order chi connectivity index (χ1) is 8.22. The van der Waals surface area contributed by atoms with Crippen molar-refractivity contribution in [3.63, 3.8) is 0 Å². The van der Waals surface area contributed by atoms with E-state index in [2.05, 4.69) is 11.9 Å². The molecule has 1 N–H and O–H groups in total. The van der Waals surface area contributed by atoms with Gasteiger partial charge < -0.3 is 10.0 Å². The first-order valence-corrected chi connectivity index (χ1v) is 6.17. The van der Waals surface area contributed by atoms with Crippen LogP contribution in [0.5, 0.6) is 5.75 Å². The Morgan fingerprint density at radius 3 is 2.88 bits per heavy atom. The van der Waals surface area contributed by atoms with E-state index < -0.39 is 0 Å². The first kappa shape index (κ1) is 11.9. The van der Waals surface area contributed by atoms with Crippen LogP contribution in [-0.2, 0) is 0 Å². The van der Waals surface area contributed by atoms with Crippen LogP contribution in [0.15, 0.2) is 18.5 Å². The number of carbonyl (C=O) groups is 1. The molecule has 0 bridgehead atoms. The molecule has 0 spiro atoms. The lowest BCUT2D eigenvalue weighted by Gasteiger charge is -2.22. The zero-order valence-corrected chi connectivity index (χ0v) is 10.1. The molecule has 92 valence electrons. The molecule has 1 heterocycles. The number of hydrogen-bond acceptors (Lipinski definition) is 3.